The third-order valence-corrected chi connectivity index (χ3v) is 7.40. The summed E-state index contributed by atoms with van der Waals surface area (Å²) in [6.07, 6.45) is 3.31. The molecule has 3 aliphatic rings. The molecule has 0 spiro atoms. The van der Waals surface area contributed by atoms with Crippen molar-refractivity contribution in [3.8, 4) is 0 Å². The van der Waals surface area contributed by atoms with Gasteiger partial charge in [0.05, 0.1) is 11.1 Å². The second-order valence-electron chi connectivity index (χ2n) is 8.10. The average Bonchev–Trinajstić information content (AvgIpc) is 3.11. The highest BCUT2D eigenvalue weighted by molar-refractivity contribution is 6.08. The fourth-order valence-corrected chi connectivity index (χ4v) is 5.31. The van der Waals surface area contributed by atoms with Crippen LogP contribution in [0.25, 0.3) is 0 Å². The number of para-hydroxylation sites is 1. The number of fused-ring (bicyclic) bond motifs is 3. The smallest absolute Gasteiger partial charge is 0.234 e. The van der Waals surface area contributed by atoms with Gasteiger partial charge in [-0.2, -0.15) is 0 Å². The molecule has 23 heavy (non-hydrogen) atoms. The van der Waals surface area contributed by atoms with Gasteiger partial charge in [0.2, 0.25) is 5.91 Å². The average molecular weight is 312 g/mol. The van der Waals surface area contributed by atoms with Crippen LogP contribution in [0, 0.1) is 16.2 Å². The monoisotopic (exact) mass is 312 g/mol. The second kappa shape index (κ2) is 4.37. The molecule has 1 amide bonds. The molecule has 2 aliphatic carbocycles. The molecule has 0 radical (unpaired) electrons. The van der Waals surface area contributed by atoms with Crippen LogP contribution in [-0.4, -0.2) is 23.4 Å². The number of carbonyl (C=O) groups is 1. The molecule has 1 N–H and O–H groups in total. The van der Waals surface area contributed by atoms with E-state index in [0.717, 1.165) is 37.2 Å². The number of rotatable bonds is 1. The van der Waals surface area contributed by atoms with Crippen LogP contribution in [0.15, 0.2) is 29.4 Å². The maximum atomic E-state index is 13.6. The molecule has 0 aromatic heterocycles. The lowest BCUT2D eigenvalue weighted by molar-refractivity contribution is -0.132. The summed E-state index contributed by atoms with van der Waals surface area (Å²) in [7, 11) is 0. The highest BCUT2D eigenvalue weighted by atomic mass is 16.4. The molecule has 0 saturated heterocycles. The number of carbonyl (C=O) groups excluding carboxylic acids is 1. The Hall–Kier alpha value is -1.84. The summed E-state index contributed by atoms with van der Waals surface area (Å²) in [5.74, 6) is 0.217. The number of hydrogen-bond acceptors (Lipinski definition) is 3. The molecule has 2 unspecified atom stereocenters. The van der Waals surface area contributed by atoms with E-state index in [1.165, 1.54) is 5.56 Å². The zero-order valence-corrected chi connectivity index (χ0v) is 14.1. The molecule has 1 aliphatic heterocycles. The Morgan fingerprint density at radius 2 is 1.96 bits per heavy atom. The van der Waals surface area contributed by atoms with Crippen LogP contribution < -0.4 is 4.90 Å². The number of oxime groups is 1. The van der Waals surface area contributed by atoms with Crippen LogP contribution in [0.4, 0.5) is 5.69 Å². The fraction of sp³-hybridized carbons (Fsp3) is 0.579. The minimum Gasteiger partial charge on any atom is -0.411 e. The van der Waals surface area contributed by atoms with Crippen molar-refractivity contribution in [1.82, 2.24) is 0 Å². The quantitative estimate of drug-likeness (QED) is 0.636. The van der Waals surface area contributed by atoms with Gasteiger partial charge in [-0.25, -0.2) is 0 Å². The van der Waals surface area contributed by atoms with E-state index < -0.39 is 5.41 Å². The van der Waals surface area contributed by atoms with Gasteiger partial charge >= 0.3 is 0 Å². The van der Waals surface area contributed by atoms with Crippen molar-refractivity contribution >= 4 is 17.3 Å². The molecule has 1 aromatic rings. The molecule has 4 rings (SSSR count). The molecule has 1 aromatic carbocycles. The van der Waals surface area contributed by atoms with Crippen LogP contribution >= 0.6 is 0 Å². The first-order valence-electron chi connectivity index (χ1n) is 8.49. The first-order valence-corrected chi connectivity index (χ1v) is 8.49. The summed E-state index contributed by atoms with van der Waals surface area (Å²) >= 11 is 0. The molecule has 1 heterocycles. The number of hydrogen-bond donors (Lipinski definition) is 1. The van der Waals surface area contributed by atoms with E-state index in [1.54, 1.807) is 0 Å². The van der Waals surface area contributed by atoms with Gasteiger partial charge < -0.3 is 10.1 Å². The number of nitrogens with zero attached hydrogens (tertiary/aromatic N) is 2. The maximum absolute atomic E-state index is 13.6. The van der Waals surface area contributed by atoms with Gasteiger partial charge in [-0.1, -0.05) is 44.1 Å². The van der Waals surface area contributed by atoms with Crippen LogP contribution in [0.5, 0.6) is 0 Å². The molecule has 4 heteroatoms. The summed E-state index contributed by atoms with van der Waals surface area (Å²) in [6.45, 7) is 7.27. The van der Waals surface area contributed by atoms with Crippen molar-refractivity contribution in [2.75, 3.05) is 11.4 Å². The minimum absolute atomic E-state index is 0.184. The number of anilines is 1. The fourth-order valence-electron chi connectivity index (χ4n) is 5.31. The van der Waals surface area contributed by atoms with Crippen LogP contribution in [0.1, 0.15) is 45.6 Å². The number of amides is 1. The zero-order valence-electron chi connectivity index (χ0n) is 14.1. The summed E-state index contributed by atoms with van der Waals surface area (Å²) in [5, 5.41) is 13.0. The van der Waals surface area contributed by atoms with Gasteiger partial charge in [0, 0.05) is 24.1 Å². The van der Waals surface area contributed by atoms with Gasteiger partial charge in [0.25, 0.3) is 0 Å². The molecule has 2 fully saturated rings. The molecule has 4 nitrogen and oxygen atoms in total. The van der Waals surface area contributed by atoms with E-state index in [-0.39, 0.29) is 16.7 Å². The molecule has 2 bridgehead atoms. The third-order valence-electron chi connectivity index (χ3n) is 7.40. The highest BCUT2D eigenvalue weighted by Crippen LogP contribution is 2.71. The van der Waals surface area contributed by atoms with E-state index in [2.05, 4.69) is 32.0 Å². The van der Waals surface area contributed by atoms with Gasteiger partial charge in [-0.05, 0) is 36.3 Å². The Kier molecular flexibility index (Phi) is 2.80. The van der Waals surface area contributed by atoms with E-state index in [4.69, 9.17) is 0 Å². The summed E-state index contributed by atoms with van der Waals surface area (Å²) in [6, 6.07) is 8.20. The van der Waals surface area contributed by atoms with E-state index in [1.807, 2.05) is 23.1 Å². The zero-order chi connectivity index (χ0) is 16.5. The predicted molar refractivity (Wildman–Crippen MR) is 89.9 cm³/mol. The lowest BCUT2D eigenvalue weighted by Crippen LogP contribution is -2.48. The van der Waals surface area contributed by atoms with E-state index >= 15 is 0 Å². The SMILES string of the molecule is CC12CCC(C(=O)N3CCc4ccccc43)(C/C1=N\O)C2(C)C. The standard InChI is InChI=1S/C19H24N2O2/c1-17(2)18(3)9-10-19(17,12-15(18)20-23)16(22)21-11-8-13-6-4-5-7-14(13)21/h4-7,23H,8-12H2,1-3H3/b20-15+. The van der Waals surface area contributed by atoms with Crippen LogP contribution in [0.2, 0.25) is 0 Å². The van der Waals surface area contributed by atoms with Crippen molar-refractivity contribution in [3.63, 3.8) is 0 Å². The van der Waals surface area contributed by atoms with Gasteiger partial charge in [-0.3, -0.25) is 4.79 Å². The van der Waals surface area contributed by atoms with Crippen molar-refractivity contribution in [3.05, 3.63) is 29.8 Å². The normalized spacial score (nSPS) is 35.8. The van der Waals surface area contributed by atoms with Crippen molar-refractivity contribution in [1.29, 1.82) is 0 Å². The second-order valence-corrected chi connectivity index (χ2v) is 8.10. The Bertz CT molecular complexity index is 724. The molecule has 122 valence electrons. The Labute approximate surface area is 137 Å². The molecular formula is C19H24N2O2. The largest absolute Gasteiger partial charge is 0.411 e. The van der Waals surface area contributed by atoms with Crippen molar-refractivity contribution < 1.29 is 10.0 Å². The lowest BCUT2D eigenvalue weighted by Gasteiger charge is -2.41. The van der Waals surface area contributed by atoms with Crippen LogP contribution in [-0.2, 0) is 11.2 Å². The molecular weight excluding hydrogens is 288 g/mol. The lowest BCUT2D eigenvalue weighted by atomic mass is 9.64. The Balaban J connectivity index is 1.78. The van der Waals surface area contributed by atoms with Crippen molar-refractivity contribution in [2.45, 2.75) is 46.5 Å². The summed E-state index contributed by atoms with van der Waals surface area (Å²) in [5.41, 5.74) is 2.29. The van der Waals surface area contributed by atoms with Gasteiger partial charge in [-0.15, -0.1) is 0 Å². The minimum atomic E-state index is -0.444. The van der Waals surface area contributed by atoms with E-state index in [9.17, 15) is 10.0 Å². The Morgan fingerprint density at radius 1 is 1.22 bits per heavy atom. The topological polar surface area (TPSA) is 52.9 Å². The van der Waals surface area contributed by atoms with E-state index in [0.29, 0.717) is 6.42 Å². The summed E-state index contributed by atoms with van der Waals surface area (Å²) < 4.78 is 0. The summed E-state index contributed by atoms with van der Waals surface area (Å²) in [4.78, 5) is 15.6. The predicted octanol–water partition coefficient (Wildman–Crippen LogP) is 3.62. The Morgan fingerprint density at radius 3 is 2.65 bits per heavy atom. The maximum Gasteiger partial charge on any atom is 0.234 e. The third kappa shape index (κ3) is 1.52. The first-order chi connectivity index (χ1) is 10.9. The van der Waals surface area contributed by atoms with Crippen LogP contribution in [0.3, 0.4) is 0 Å². The molecule has 2 saturated carbocycles. The number of benzene rings is 1. The molecule has 2 atom stereocenters. The van der Waals surface area contributed by atoms with Gasteiger partial charge in [0.1, 0.15) is 0 Å². The highest BCUT2D eigenvalue weighted by Gasteiger charge is 2.72. The first kappa shape index (κ1) is 14.7. The van der Waals surface area contributed by atoms with Crippen molar-refractivity contribution in [2.24, 2.45) is 21.4 Å². The van der Waals surface area contributed by atoms with Gasteiger partial charge in [0.15, 0.2) is 0 Å².